The van der Waals surface area contributed by atoms with Crippen LogP contribution in [-0.4, -0.2) is 52.4 Å². The van der Waals surface area contributed by atoms with Gasteiger partial charge in [-0.15, -0.1) is 0 Å². The molecule has 19 heavy (non-hydrogen) atoms. The van der Waals surface area contributed by atoms with E-state index in [0.717, 1.165) is 6.42 Å². The molecule has 0 bridgehead atoms. The highest BCUT2D eigenvalue weighted by atomic mass is 16.5. The first-order valence-electron chi connectivity index (χ1n) is 6.22. The second kappa shape index (κ2) is 5.60. The van der Waals surface area contributed by atoms with E-state index in [4.69, 9.17) is 15.6 Å². The third kappa shape index (κ3) is 2.73. The number of nitrogen functional groups attached to an aromatic ring is 1. The molecule has 2 rings (SSSR count). The number of aliphatic hydroxyl groups excluding tert-OH is 2. The van der Waals surface area contributed by atoms with Crippen molar-refractivity contribution in [1.82, 2.24) is 4.98 Å². The van der Waals surface area contributed by atoms with Gasteiger partial charge in [0.05, 0.1) is 18.9 Å². The van der Waals surface area contributed by atoms with Crippen LogP contribution in [0.1, 0.15) is 12.8 Å². The normalized spacial score (nSPS) is 22.8. The fourth-order valence-electron chi connectivity index (χ4n) is 2.21. The quantitative estimate of drug-likeness (QED) is 0.560. The summed E-state index contributed by atoms with van der Waals surface area (Å²) in [5.41, 5.74) is 4.81. The lowest BCUT2D eigenvalue weighted by Gasteiger charge is -2.33. The van der Waals surface area contributed by atoms with E-state index in [0.29, 0.717) is 24.5 Å². The average molecular weight is 269 g/mol. The van der Waals surface area contributed by atoms with Gasteiger partial charge in [0.1, 0.15) is 12.4 Å². The van der Waals surface area contributed by atoms with Gasteiger partial charge in [-0.1, -0.05) is 0 Å². The number of aliphatic hydroxyl groups is 3. The number of nitrogens with zero attached hydrogens (tertiary/aromatic N) is 2. The predicted molar refractivity (Wildman–Crippen MR) is 69.8 cm³/mol. The summed E-state index contributed by atoms with van der Waals surface area (Å²) in [5.74, 6) is 0.718. The minimum absolute atomic E-state index is 0.102. The van der Waals surface area contributed by atoms with Gasteiger partial charge >= 0.3 is 0 Å². The smallest absolute Gasteiger partial charge is 0.239 e. The van der Waals surface area contributed by atoms with Crippen molar-refractivity contribution in [1.29, 1.82) is 0 Å². The number of hydrogen-bond acceptors (Lipinski definition) is 7. The summed E-state index contributed by atoms with van der Waals surface area (Å²) in [5, 5.41) is 28.3. The topological polar surface area (TPSA) is 112 Å². The molecule has 1 fully saturated rings. The molecule has 1 aliphatic heterocycles. The zero-order valence-electron chi connectivity index (χ0n) is 10.6. The lowest BCUT2D eigenvalue weighted by molar-refractivity contribution is -0.00550. The number of anilines is 2. The van der Waals surface area contributed by atoms with E-state index in [1.54, 1.807) is 17.0 Å². The first-order valence-corrected chi connectivity index (χ1v) is 6.22. The van der Waals surface area contributed by atoms with Crippen LogP contribution in [0.15, 0.2) is 12.1 Å². The Morgan fingerprint density at radius 3 is 2.89 bits per heavy atom. The molecule has 0 aliphatic carbocycles. The average Bonchev–Trinajstić information content (AvgIpc) is 2.81. The highest BCUT2D eigenvalue weighted by Gasteiger charge is 2.39. The standard InChI is InChI=1S/C12H19N3O4/c13-9-2-3-10(14-11(9)19-7-6-16)15-5-1-4-12(15,18)8-17/h2-3,16-18H,1,4-8,13H2. The fourth-order valence-corrected chi connectivity index (χ4v) is 2.21. The highest BCUT2D eigenvalue weighted by molar-refractivity contribution is 5.55. The van der Waals surface area contributed by atoms with Gasteiger partial charge in [0, 0.05) is 6.54 Å². The van der Waals surface area contributed by atoms with Gasteiger partial charge in [0.15, 0.2) is 5.72 Å². The zero-order chi connectivity index (χ0) is 13.9. The molecule has 7 heteroatoms. The van der Waals surface area contributed by atoms with E-state index < -0.39 is 5.72 Å². The third-order valence-corrected chi connectivity index (χ3v) is 3.20. The van der Waals surface area contributed by atoms with Crippen LogP contribution in [0.3, 0.4) is 0 Å². The second-order valence-corrected chi connectivity index (χ2v) is 4.53. The van der Waals surface area contributed by atoms with Crippen molar-refractivity contribution in [2.45, 2.75) is 18.6 Å². The maximum absolute atomic E-state index is 10.3. The Morgan fingerprint density at radius 1 is 1.42 bits per heavy atom. The van der Waals surface area contributed by atoms with Gasteiger partial charge in [-0.05, 0) is 25.0 Å². The van der Waals surface area contributed by atoms with E-state index in [-0.39, 0.29) is 25.7 Å². The van der Waals surface area contributed by atoms with Crippen molar-refractivity contribution >= 4 is 11.5 Å². The minimum atomic E-state index is -1.28. The summed E-state index contributed by atoms with van der Waals surface area (Å²) in [4.78, 5) is 5.87. The summed E-state index contributed by atoms with van der Waals surface area (Å²) in [6.07, 6.45) is 1.26. The number of pyridine rings is 1. The molecule has 1 atom stereocenters. The summed E-state index contributed by atoms with van der Waals surface area (Å²) in [6, 6.07) is 3.30. The van der Waals surface area contributed by atoms with Crippen molar-refractivity contribution in [2.24, 2.45) is 0 Å². The van der Waals surface area contributed by atoms with Crippen LogP contribution in [0.5, 0.6) is 5.88 Å². The molecular weight excluding hydrogens is 250 g/mol. The Kier molecular flexibility index (Phi) is 4.08. The number of nitrogens with two attached hydrogens (primary N) is 1. The van der Waals surface area contributed by atoms with Crippen LogP contribution in [0.25, 0.3) is 0 Å². The molecule has 0 spiro atoms. The van der Waals surface area contributed by atoms with Gasteiger partial charge in [-0.2, -0.15) is 4.98 Å². The number of ether oxygens (including phenoxy) is 1. The van der Waals surface area contributed by atoms with E-state index in [1.165, 1.54) is 0 Å². The zero-order valence-corrected chi connectivity index (χ0v) is 10.6. The molecule has 7 nitrogen and oxygen atoms in total. The minimum Gasteiger partial charge on any atom is -0.474 e. The van der Waals surface area contributed by atoms with E-state index in [9.17, 15) is 10.2 Å². The molecule has 1 saturated heterocycles. The number of hydrogen-bond donors (Lipinski definition) is 4. The van der Waals surface area contributed by atoms with Crippen molar-refractivity contribution < 1.29 is 20.1 Å². The van der Waals surface area contributed by atoms with Gasteiger partial charge in [0.2, 0.25) is 5.88 Å². The summed E-state index contributed by atoms with van der Waals surface area (Å²) in [7, 11) is 0. The molecule has 1 unspecified atom stereocenters. The van der Waals surface area contributed by atoms with E-state index in [2.05, 4.69) is 4.98 Å². The Morgan fingerprint density at radius 2 is 2.21 bits per heavy atom. The van der Waals surface area contributed by atoms with Crippen LogP contribution < -0.4 is 15.4 Å². The van der Waals surface area contributed by atoms with Crippen LogP contribution in [0.4, 0.5) is 11.5 Å². The molecule has 5 N–H and O–H groups in total. The largest absolute Gasteiger partial charge is 0.474 e. The Balaban J connectivity index is 2.25. The van der Waals surface area contributed by atoms with E-state index in [1.807, 2.05) is 0 Å². The molecule has 0 amide bonds. The van der Waals surface area contributed by atoms with Crippen LogP contribution >= 0.6 is 0 Å². The maximum Gasteiger partial charge on any atom is 0.239 e. The third-order valence-electron chi connectivity index (χ3n) is 3.20. The van der Waals surface area contributed by atoms with Gasteiger partial charge in [0.25, 0.3) is 0 Å². The van der Waals surface area contributed by atoms with Crippen LogP contribution in [-0.2, 0) is 0 Å². The fraction of sp³-hybridized carbons (Fsp3) is 0.583. The number of rotatable bonds is 5. The molecule has 0 aromatic carbocycles. The second-order valence-electron chi connectivity index (χ2n) is 4.53. The van der Waals surface area contributed by atoms with Crippen molar-refractivity contribution in [3.63, 3.8) is 0 Å². The summed E-state index contributed by atoms with van der Waals surface area (Å²) in [6.45, 7) is 0.222. The highest BCUT2D eigenvalue weighted by Crippen LogP contribution is 2.33. The Labute approximate surface area is 111 Å². The van der Waals surface area contributed by atoms with Gasteiger partial charge in [-0.3, -0.25) is 0 Å². The molecule has 1 aromatic rings. The molecule has 106 valence electrons. The van der Waals surface area contributed by atoms with Crippen molar-refractivity contribution in [3.05, 3.63) is 12.1 Å². The molecule has 0 radical (unpaired) electrons. The maximum atomic E-state index is 10.3. The first-order chi connectivity index (χ1) is 9.10. The van der Waals surface area contributed by atoms with E-state index >= 15 is 0 Å². The van der Waals surface area contributed by atoms with Gasteiger partial charge < -0.3 is 30.7 Å². The predicted octanol–water partition coefficient (Wildman–Crippen LogP) is -0.684. The summed E-state index contributed by atoms with van der Waals surface area (Å²) < 4.78 is 5.23. The molecule has 2 heterocycles. The SMILES string of the molecule is Nc1ccc(N2CCCC2(O)CO)nc1OCCO. The van der Waals surface area contributed by atoms with Crippen molar-refractivity contribution in [3.8, 4) is 5.88 Å². The Hall–Kier alpha value is -1.57. The molecule has 1 aliphatic rings. The van der Waals surface area contributed by atoms with Gasteiger partial charge in [-0.25, -0.2) is 0 Å². The summed E-state index contributed by atoms with van der Waals surface area (Å²) >= 11 is 0. The molecule has 0 saturated carbocycles. The number of aromatic nitrogens is 1. The van der Waals surface area contributed by atoms with Crippen LogP contribution in [0.2, 0.25) is 0 Å². The van der Waals surface area contributed by atoms with Crippen LogP contribution in [0, 0.1) is 0 Å². The molecular formula is C12H19N3O4. The lowest BCUT2D eigenvalue weighted by Crippen LogP contribution is -2.47. The Bertz CT molecular complexity index is 443. The first kappa shape index (κ1) is 13.9. The molecule has 1 aromatic heterocycles. The van der Waals surface area contributed by atoms with Crippen molar-refractivity contribution in [2.75, 3.05) is 37.0 Å². The lowest BCUT2D eigenvalue weighted by atomic mass is 10.2. The monoisotopic (exact) mass is 269 g/mol.